The lowest BCUT2D eigenvalue weighted by molar-refractivity contribution is 0.0833. The van der Waals surface area contributed by atoms with E-state index < -0.39 is 0 Å². The molecule has 0 aromatic carbocycles. The fraction of sp³-hybridized carbons (Fsp3) is 0.583. The maximum absolute atomic E-state index is 11.9. The highest BCUT2D eigenvalue weighted by Gasteiger charge is 2.17. The highest BCUT2D eigenvalue weighted by atomic mass is 32.1. The van der Waals surface area contributed by atoms with Gasteiger partial charge in [0.25, 0.3) is 5.91 Å². The molecule has 0 radical (unpaired) electrons. The number of rotatable bonds is 5. The van der Waals surface area contributed by atoms with Crippen molar-refractivity contribution in [2.24, 2.45) is 0 Å². The number of nitrogen functional groups attached to an aromatic ring is 1. The highest BCUT2D eigenvalue weighted by molar-refractivity contribution is 7.18. The summed E-state index contributed by atoms with van der Waals surface area (Å²) in [4.78, 5) is 18.3. The fourth-order valence-electron chi connectivity index (χ4n) is 1.41. The molecule has 18 heavy (non-hydrogen) atoms. The van der Waals surface area contributed by atoms with Crippen LogP contribution in [0.5, 0.6) is 0 Å². The van der Waals surface area contributed by atoms with Gasteiger partial charge in [-0.1, -0.05) is 0 Å². The number of carbonyl (C=O) groups excluding carboxylic acids is 1. The van der Waals surface area contributed by atoms with Crippen molar-refractivity contribution in [3.63, 3.8) is 0 Å². The van der Waals surface area contributed by atoms with Crippen LogP contribution in [-0.4, -0.2) is 64.0 Å². The molecule has 0 saturated heterocycles. The van der Waals surface area contributed by atoms with E-state index in [1.54, 1.807) is 19.0 Å². The summed E-state index contributed by atoms with van der Waals surface area (Å²) >= 11 is 1.45. The summed E-state index contributed by atoms with van der Waals surface area (Å²) in [7, 11) is 9.56. The Hall–Kier alpha value is -1.27. The second-order valence-corrected chi connectivity index (χ2v) is 5.82. The van der Waals surface area contributed by atoms with E-state index in [2.05, 4.69) is 9.80 Å². The van der Waals surface area contributed by atoms with Gasteiger partial charge in [0.15, 0.2) is 0 Å². The molecule has 0 fully saturated rings. The number of nitrogens with zero attached hydrogens (tertiary/aromatic N) is 3. The number of likely N-dealkylation sites (N-methyl/N-ethyl adjacent to an activating group) is 2. The first-order valence-corrected chi connectivity index (χ1v) is 6.61. The second-order valence-electron chi connectivity index (χ2n) is 4.79. The quantitative estimate of drug-likeness (QED) is 0.868. The summed E-state index contributed by atoms with van der Waals surface area (Å²) in [5.41, 5.74) is 6.46. The summed E-state index contributed by atoms with van der Waals surface area (Å²) in [6, 6.07) is 1.87. The molecule has 5 nitrogen and oxygen atoms in total. The van der Waals surface area contributed by atoms with Gasteiger partial charge in [-0.2, -0.15) is 0 Å². The minimum atomic E-state index is -0.0373. The summed E-state index contributed by atoms with van der Waals surface area (Å²) < 4.78 is 0. The van der Waals surface area contributed by atoms with Gasteiger partial charge in [0.2, 0.25) is 0 Å². The first-order valence-electron chi connectivity index (χ1n) is 5.79. The molecule has 0 unspecified atom stereocenters. The summed E-state index contributed by atoms with van der Waals surface area (Å²) in [6.45, 7) is 1.87. The van der Waals surface area contributed by atoms with Crippen LogP contribution in [0.4, 0.5) is 10.7 Å². The number of amides is 1. The molecule has 1 heterocycles. The molecule has 1 aromatic rings. The van der Waals surface area contributed by atoms with E-state index >= 15 is 0 Å². The van der Waals surface area contributed by atoms with Crippen molar-refractivity contribution < 1.29 is 4.79 Å². The molecule has 0 spiro atoms. The Morgan fingerprint density at radius 3 is 2.33 bits per heavy atom. The molecule has 0 atom stereocenters. The van der Waals surface area contributed by atoms with Gasteiger partial charge in [-0.15, -0.1) is 11.3 Å². The van der Waals surface area contributed by atoms with Crippen LogP contribution in [0.25, 0.3) is 0 Å². The Labute approximate surface area is 113 Å². The van der Waals surface area contributed by atoms with E-state index in [-0.39, 0.29) is 5.91 Å². The topological polar surface area (TPSA) is 52.8 Å². The van der Waals surface area contributed by atoms with Crippen molar-refractivity contribution in [3.05, 3.63) is 10.9 Å². The van der Waals surface area contributed by atoms with Crippen LogP contribution in [-0.2, 0) is 0 Å². The predicted molar refractivity (Wildman–Crippen MR) is 78.6 cm³/mol. The van der Waals surface area contributed by atoms with Crippen molar-refractivity contribution in [1.82, 2.24) is 9.80 Å². The van der Waals surface area contributed by atoms with E-state index in [1.165, 1.54) is 11.3 Å². The first kappa shape index (κ1) is 14.8. The third-order valence-corrected chi connectivity index (χ3v) is 3.86. The molecule has 0 aliphatic rings. The van der Waals surface area contributed by atoms with Crippen LogP contribution in [0.3, 0.4) is 0 Å². The SMILES string of the molecule is CN(C)CCN(C)c1cc(N)c(C(=O)N(C)C)s1. The van der Waals surface area contributed by atoms with E-state index in [4.69, 9.17) is 5.73 Å². The first-order chi connectivity index (χ1) is 8.32. The van der Waals surface area contributed by atoms with Gasteiger partial charge in [-0.3, -0.25) is 4.79 Å². The lowest BCUT2D eigenvalue weighted by Crippen LogP contribution is -2.27. The molecule has 1 amide bonds. The van der Waals surface area contributed by atoms with Gasteiger partial charge in [0.05, 0.1) is 10.7 Å². The van der Waals surface area contributed by atoms with Gasteiger partial charge in [0, 0.05) is 34.2 Å². The lowest BCUT2D eigenvalue weighted by Gasteiger charge is -2.19. The van der Waals surface area contributed by atoms with Crippen molar-refractivity contribution in [2.45, 2.75) is 0 Å². The smallest absolute Gasteiger partial charge is 0.265 e. The van der Waals surface area contributed by atoms with Gasteiger partial charge in [-0.05, 0) is 20.2 Å². The minimum absolute atomic E-state index is 0.0373. The summed E-state index contributed by atoms with van der Waals surface area (Å²) in [5.74, 6) is -0.0373. The number of hydrogen-bond acceptors (Lipinski definition) is 5. The Morgan fingerprint density at radius 2 is 1.83 bits per heavy atom. The molecule has 0 bridgehead atoms. The standard InChI is InChI=1S/C12H22N4OS/c1-14(2)6-7-16(5)10-8-9(13)11(18-10)12(17)15(3)4/h8H,6-7,13H2,1-5H3. The third-order valence-electron chi connectivity index (χ3n) is 2.61. The monoisotopic (exact) mass is 270 g/mol. The van der Waals surface area contributed by atoms with E-state index in [0.29, 0.717) is 10.6 Å². The molecule has 102 valence electrons. The number of carbonyl (C=O) groups is 1. The van der Waals surface area contributed by atoms with Crippen LogP contribution in [0.1, 0.15) is 9.67 Å². The predicted octanol–water partition coefficient (Wildman–Crippen LogP) is 1.03. The van der Waals surface area contributed by atoms with Crippen LogP contribution in [0.15, 0.2) is 6.07 Å². The normalized spacial score (nSPS) is 10.8. The largest absolute Gasteiger partial charge is 0.397 e. The van der Waals surface area contributed by atoms with Crippen LogP contribution < -0.4 is 10.6 Å². The van der Waals surface area contributed by atoms with Crippen LogP contribution in [0, 0.1) is 0 Å². The van der Waals surface area contributed by atoms with Crippen molar-refractivity contribution in [2.75, 3.05) is 59.0 Å². The maximum Gasteiger partial charge on any atom is 0.265 e. The minimum Gasteiger partial charge on any atom is -0.397 e. The van der Waals surface area contributed by atoms with E-state index in [9.17, 15) is 4.79 Å². The summed E-state index contributed by atoms with van der Waals surface area (Å²) in [6.07, 6.45) is 0. The van der Waals surface area contributed by atoms with Crippen LogP contribution >= 0.6 is 11.3 Å². The fourth-order valence-corrected chi connectivity index (χ4v) is 2.50. The van der Waals surface area contributed by atoms with Crippen molar-refractivity contribution >= 4 is 27.9 Å². The molecule has 2 N–H and O–H groups in total. The number of nitrogens with two attached hydrogens (primary N) is 1. The average Bonchev–Trinajstić information content (AvgIpc) is 2.66. The number of thiophene rings is 1. The molecule has 1 aromatic heterocycles. The number of anilines is 2. The summed E-state index contributed by atoms with van der Waals surface area (Å²) in [5, 5.41) is 1.03. The molecule has 0 saturated carbocycles. The third kappa shape index (κ3) is 3.61. The van der Waals surface area contributed by atoms with Gasteiger partial charge in [-0.25, -0.2) is 0 Å². The molecule has 0 aliphatic carbocycles. The Bertz CT molecular complexity index is 414. The highest BCUT2D eigenvalue weighted by Crippen LogP contribution is 2.32. The van der Waals surface area contributed by atoms with Crippen molar-refractivity contribution in [1.29, 1.82) is 0 Å². The van der Waals surface area contributed by atoms with Gasteiger partial charge >= 0.3 is 0 Å². The lowest BCUT2D eigenvalue weighted by atomic mass is 10.3. The zero-order valence-corrected chi connectivity index (χ0v) is 12.5. The molecule has 1 rings (SSSR count). The average molecular weight is 270 g/mol. The number of hydrogen-bond donors (Lipinski definition) is 1. The zero-order chi connectivity index (χ0) is 13.9. The second kappa shape index (κ2) is 6.06. The van der Waals surface area contributed by atoms with Gasteiger partial charge < -0.3 is 20.4 Å². The Kier molecular flexibility index (Phi) is 4.98. The zero-order valence-electron chi connectivity index (χ0n) is 11.7. The molecular weight excluding hydrogens is 248 g/mol. The van der Waals surface area contributed by atoms with E-state index in [0.717, 1.165) is 18.1 Å². The Balaban J connectivity index is 2.80. The Morgan fingerprint density at radius 1 is 1.22 bits per heavy atom. The van der Waals surface area contributed by atoms with Crippen LogP contribution in [0.2, 0.25) is 0 Å². The van der Waals surface area contributed by atoms with E-state index in [1.807, 2.05) is 27.2 Å². The molecule has 0 aliphatic heterocycles. The molecular formula is C12H22N4OS. The molecule has 6 heteroatoms. The maximum atomic E-state index is 11.9. The van der Waals surface area contributed by atoms with Gasteiger partial charge in [0.1, 0.15) is 4.88 Å². The van der Waals surface area contributed by atoms with Crippen molar-refractivity contribution in [3.8, 4) is 0 Å².